The van der Waals surface area contributed by atoms with Crippen molar-refractivity contribution < 1.29 is 18.7 Å². The molecule has 3 aromatic rings. The summed E-state index contributed by atoms with van der Waals surface area (Å²) in [6.07, 6.45) is 0.583. The SMILES string of the molecule is CCc1[nH]c2c(Cl)ccc(OCC(=O)OC)c2c(=O)c1Cc1ccc(Cl)cc1F. The Kier molecular flexibility index (Phi) is 6.45. The molecule has 3 rings (SSSR count). The summed E-state index contributed by atoms with van der Waals surface area (Å²) in [6, 6.07) is 7.42. The smallest absolute Gasteiger partial charge is 0.343 e. The van der Waals surface area contributed by atoms with E-state index in [4.69, 9.17) is 27.9 Å². The second kappa shape index (κ2) is 8.84. The zero-order chi connectivity index (χ0) is 21.1. The summed E-state index contributed by atoms with van der Waals surface area (Å²) in [4.78, 5) is 28.0. The maximum absolute atomic E-state index is 14.3. The molecule has 0 saturated heterocycles. The molecule has 0 radical (unpaired) electrons. The van der Waals surface area contributed by atoms with Crippen molar-refractivity contribution in [3.05, 3.63) is 73.2 Å². The minimum absolute atomic E-state index is 0.0698. The molecule has 1 heterocycles. The van der Waals surface area contributed by atoms with E-state index in [1.807, 2.05) is 6.92 Å². The van der Waals surface area contributed by atoms with Gasteiger partial charge >= 0.3 is 5.97 Å². The molecule has 2 aromatic carbocycles. The Hall–Kier alpha value is -2.57. The average Bonchev–Trinajstić information content (AvgIpc) is 2.70. The summed E-state index contributed by atoms with van der Waals surface area (Å²) in [7, 11) is 1.24. The number of aromatic nitrogens is 1. The molecular formula is C21H18Cl2FNO4. The molecule has 0 bridgehead atoms. The molecule has 0 unspecified atom stereocenters. The number of aryl methyl sites for hydroxylation is 1. The van der Waals surface area contributed by atoms with Crippen molar-refractivity contribution >= 4 is 40.1 Å². The lowest BCUT2D eigenvalue weighted by atomic mass is 9.99. The van der Waals surface area contributed by atoms with Crippen LogP contribution in [0.25, 0.3) is 10.9 Å². The van der Waals surface area contributed by atoms with Gasteiger partial charge < -0.3 is 14.5 Å². The molecule has 0 aliphatic heterocycles. The molecule has 0 saturated carbocycles. The van der Waals surface area contributed by atoms with E-state index in [1.165, 1.54) is 19.2 Å². The normalized spacial score (nSPS) is 10.9. The lowest BCUT2D eigenvalue weighted by molar-refractivity contribution is -0.142. The Morgan fingerprint density at radius 1 is 1.21 bits per heavy atom. The third-order valence-corrected chi connectivity index (χ3v) is 5.12. The number of carbonyl (C=O) groups excluding carboxylic acids is 1. The lowest BCUT2D eigenvalue weighted by Gasteiger charge is -2.14. The number of ether oxygens (including phenoxy) is 2. The number of benzene rings is 2. The first-order valence-electron chi connectivity index (χ1n) is 8.85. The highest BCUT2D eigenvalue weighted by Crippen LogP contribution is 2.30. The van der Waals surface area contributed by atoms with E-state index in [2.05, 4.69) is 9.72 Å². The molecule has 0 amide bonds. The molecular weight excluding hydrogens is 420 g/mol. The summed E-state index contributed by atoms with van der Waals surface area (Å²) < 4.78 is 24.4. The number of esters is 1. The van der Waals surface area contributed by atoms with Gasteiger partial charge in [0.25, 0.3) is 0 Å². The minimum Gasteiger partial charge on any atom is -0.481 e. The fourth-order valence-electron chi connectivity index (χ4n) is 3.08. The molecule has 152 valence electrons. The third kappa shape index (κ3) is 4.38. The van der Waals surface area contributed by atoms with E-state index in [0.717, 1.165) is 0 Å². The summed E-state index contributed by atoms with van der Waals surface area (Å²) >= 11 is 12.1. The monoisotopic (exact) mass is 437 g/mol. The Morgan fingerprint density at radius 2 is 1.97 bits per heavy atom. The highest BCUT2D eigenvalue weighted by atomic mass is 35.5. The topological polar surface area (TPSA) is 68.4 Å². The van der Waals surface area contributed by atoms with Crippen molar-refractivity contribution in [2.24, 2.45) is 0 Å². The zero-order valence-electron chi connectivity index (χ0n) is 15.8. The summed E-state index contributed by atoms with van der Waals surface area (Å²) in [5.74, 6) is -0.887. The van der Waals surface area contributed by atoms with E-state index < -0.39 is 11.8 Å². The molecule has 8 heteroatoms. The van der Waals surface area contributed by atoms with Gasteiger partial charge in [-0.25, -0.2) is 9.18 Å². The Balaban J connectivity index is 2.17. The molecule has 0 spiro atoms. The van der Waals surface area contributed by atoms with E-state index in [1.54, 1.807) is 18.2 Å². The van der Waals surface area contributed by atoms with Crippen LogP contribution in [-0.2, 0) is 22.4 Å². The first-order chi connectivity index (χ1) is 13.8. The van der Waals surface area contributed by atoms with Crippen molar-refractivity contribution in [3.8, 4) is 5.75 Å². The van der Waals surface area contributed by atoms with Gasteiger partial charge in [0.05, 0.1) is 23.0 Å². The molecule has 0 atom stereocenters. The van der Waals surface area contributed by atoms with Crippen LogP contribution in [-0.4, -0.2) is 24.7 Å². The van der Waals surface area contributed by atoms with Gasteiger partial charge in [0.1, 0.15) is 11.6 Å². The van der Waals surface area contributed by atoms with Crippen LogP contribution in [0.1, 0.15) is 23.7 Å². The number of hydrogen-bond donors (Lipinski definition) is 1. The second-order valence-corrected chi connectivity index (χ2v) is 7.18. The number of fused-ring (bicyclic) bond motifs is 1. The summed E-state index contributed by atoms with van der Waals surface area (Å²) in [5, 5.41) is 0.809. The molecule has 0 fully saturated rings. The fourth-order valence-corrected chi connectivity index (χ4v) is 3.44. The second-order valence-electron chi connectivity index (χ2n) is 6.34. The van der Waals surface area contributed by atoms with Crippen LogP contribution in [0.15, 0.2) is 35.1 Å². The Morgan fingerprint density at radius 3 is 2.62 bits per heavy atom. The molecule has 5 nitrogen and oxygen atoms in total. The number of carbonyl (C=O) groups is 1. The number of nitrogens with one attached hydrogen (secondary N) is 1. The quantitative estimate of drug-likeness (QED) is 0.568. The van der Waals surface area contributed by atoms with Crippen LogP contribution in [0, 0.1) is 5.82 Å². The highest BCUT2D eigenvalue weighted by Gasteiger charge is 2.19. The number of hydrogen-bond acceptors (Lipinski definition) is 4. The lowest BCUT2D eigenvalue weighted by Crippen LogP contribution is -2.18. The number of H-pyrrole nitrogens is 1. The molecule has 0 aliphatic rings. The number of rotatable bonds is 6. The number of pyridine rings is 1. The van der Waals surface area contributed by atoms with Crippen molar-refractivity contribution in [2.75, 3.05) is 13.7 Å². The Labute approximate surface area is 176 Å². The van der Waals surface area contributed by atoms with Crippen molar-refractivity contribution in [1.82, 2.24) is 4.98 Å². The third-order valence-electron chi connectivity index (χ3n) is 4.57. The largest absolute Gasteiger partial charge is 0.481 e. The van der Waals surface area contributed by atoms with Crippen LogP contribution < -0.4 is 10.2 Å². The van der Waals surface area contributed by atoms with Crippen LogP contribution in [0.2, 0.25) is 10.0 Å². The Bertz CT molecular complexity index is 1140. The predicted octanol–water partition coefficient (Wildman–Crippen LogP) is 4.68. The van der Waals surface area contributed by atoms with Gasteiger partial charge in [-0.3, -0.25) is 4.79 Å². The van der Waals surface area contributed by atoms with Gasteiger partial charge in [0.2, 0.25) is 0 Å². The van der Waals surface area contributed by atoms with Crippen molar-refractivity contribution in [1.29, 1.82) is 0 Å². The maximum atomic E-state index is 14.3. The zero-order valence-corrected chi connectivity index (χ0v) is 17.3. The predicted molar refractivity (Wildman–Crippen MR) is 111 cm³/mol. The average molecular weight is 438 g/mol. The van der Waals surface area contributed by atoms with E-state index in [9.17, 15) is 14.0 Å². The van der Waals surface area contributed by atoms with Gasteiger partial charge in [-0.2, -0.15) is 0 Å². The van der Waals surface area contributed by atoms with Gasteiger partial charge in [0.15, 0.2) is 12.0 Å². The van der Waals surface area contributed by atoms with Crippen molar-refractivity contribution in [2.45, 2.75) is 19.8 Å². The van der Waals surface area contributed by atoms with Gasteiger partial charge in [-0.1, -0.05) is 36.2 Å². The number of methoxy groups -OCH3 is 1. The molecule has 1 aromatic heterocycles. The van der Waals surface area contributed by atoms with Crippen LogP contribution in [0.4, 0.5) is 4.39 Å². The van der Waals surface area contributed by atoms with Gasteiger partial charge in [-0.15, -0.1) is 0 Å². The molecule has 0 aliphatic carbocycles. The molecule has 29 heavy (non-hydrogen) atoms. The summed E-state index contributed by atoms with van der Waals surface area (Å²) in [5.41, 5.74) is 1.44. The van der Waals surface area contributed by atoms with Crippen LogP contribution in [0.3, 0.4) is 0 Å². The fraction of sp³-hybridized carbons (Fsp3) is 0.238. The van der Waals surface area contributed by atoms with Crippen LogP contribution in [0.5, 0.6) is 5.75 Å². The van der Waals surface area contributed by atoms with E-state index in [-0.39, 0.29) is 34.6 Å². The van der Waals surface area contributed by atoms with Gasteiger partial charge in [0, 0.05) is 22.7 Å². The first-order valence-corrected chi connectivity index (χ1v) is 9.61. The minimum atomic E-state index is -0.585. The molecule has 1 N–H and O–H groups in total. The van der Waals surface area contributed by atoms with E-state index >= 15 is 0 Å². The van der Waals surface area contributed by atoms with Gasteiger partial charge in [-0.05, 0) is 36.2 Å². The standard InChI is InChI=1S/C21H18Cl2FNO4/c1-3-16-13(8-11-4-5-12(22)9-15(11)24)21(27)19-17(29-10-18(26)28-2)7-6-14(23)20(19)25-16/h4-7,9H,3,8,10H2,1-2H3,(H,25,27). The van der Waals surface area contributed by atoms with E-state index in [0.29, 0.717) is 33.8 Å². The van der Waals surface area contributed by atoms with Crippen LogP contribution >= 0.6 is 23.2 Å². The summed E-state index contributed by atoms with van der Waals surface area (Å²) in [6.45, 7) is 1.52. The number of aromatic amines is 1. The highest BCUT2D eigenvalue weighted by molar-refractivity contribution is 6.35. The maximum Gasteiger partial charge on any atom is 0.343 e. The van der Waals surface area contributed by atoms with Crippen molar-refractivity contribution in [3.63, 3.8) is 0 Å². The first kappa shape index (κ1) is 21.1. The number of halogens is 3.